The topological polar surface area (TPSA) is 58.7 Å². The molecule has 0 aromatic heterocycles. The summed E-state index contributed by atoms with van der Waals surface area (Å²) in [6.45, 7) is 5.75. The number of nitrogens with two attached hydrogens (primary N) is 1. The lowest BCUT2D eigenvalue weighted by Crippen LogP contribution is -2.37. The number of rotatable bonds is 8. The Balaban J connectivity index is 2.31. The van der Waals surface area contributed by atoms with Crippen molar-refractivity contribution in [1.29, 1.82) is 0 Å². The predicted octanol–water partition coefficient (Wildman–Crippen LogP) is 1.79. The highest BCUT2D eigenvalue weighted by molar-refractivity contribution is 7.80. The van der Waals surface area contributed by atoms with Gasteiger partial charge >= 0.3 is 0 Å². The molecule has 0 radical (unpaired) electrons. The van der Waals surface area contributed by atoms with Crippen LogP contribution in [0.4, 0.5) is 0 Å². The first kappa shape index (κ1) is 16.9. The Labute approximate surface area is 126 Å². The Hall–Kier alpha value is -1.17. The summed E-state index contributed by atoms with van der Waals surface area (Å²) in [5.74, 6) is 0.778. The highest BCUT2D eigenvalue weighted by Gasteiger charge is 2.14. The zero-order chi connectivity index (χ0) is 15.2. The molecular formula is C15H24N2O2S. The van der Waals surface area contributed by atoms with E-state index in [-0.39, 0.29) is 0 Å². The molecule has 3 N–H and O–H groups in total. The number of thiocarbonyl (C=S) groups is 1. The van der Waals surface area contributed by atoms with E-state index in [0.717, 1.165) is 24.3 Å². The molecule has 0 aliphatic carbocycles. The van der Waals surface area contributed by atoms with Gasteiger partial charge in [-0.3, -0.25) is 0 Å². The molecule has 1 aromatic carbocycles. The van der Waals surface area contributed by atoms with Crippen LogP contribution in [0.5, 0.6) is 5.75 Å². The first-order chi connectivity index (χ1) is 9.28. The van der Waals surface area contributed by atoms with Crippen molar-refractivity contribution in [1.82, 2.24) is 4.90 Å². The Morgan fingerprint density at radius 1 is 1.45 bits per heavy atom. The normalized spacial score (nSPS) is 11.7. The summed E-state index contributed by atoms with van der Waals surface area (Å²) in [5.41, 5.74) is 5.73. The molecule has 0 atom stereocenters. The van der Waals surface area contributed by atoms with E-state index in [9.17, 15) is 5.11 Å². The molecule has 0 bridgehead atoms. The largest absolute Gasteiger partial charge is 0.494 e. The fourth-order valence-electron chi connectivity index (χ4n) is 2.00. The lowest BCUT2D eigenvalue weighted by Gasteiger charge is -2.25. The van der Waals surface area contributed by atoms with Gasteiger partial charge in [0.2, 0.25) is 0 Å². The molecule has 0 unspecified atom stereocenters. The van der Waals surface area contributed by atoms with Gasteiger partial charge in [0, 0.05) is 18.7 Å². The number of aliphatic hydroxyl groups is 1. The molecule has 1 aromatic rings. The molecule has 1 rings (SSSR count). The maximum atomic E-state index is 9.71. The van der Waals surface area contributed by atoms with Crippen LogP contribution in [-0.2, 0) is 0 Å². The van der Waals surface area contributed by atoms with Gasteiger partial charge in [0.25, 0.3) is 0 Å². The van der Waals surface area contributed by atoms with Gasteiger partial charge in [-0.05, 0) is 39.4 Å². The zero-order valence-corrected chi connectivity index (χ0v) is 13.2. The number of nitrogens with zero attached hydrogens (tertiary/aromatic N) is 1. The van der Waals surface area contributed by atoms with Crippen LogP contribution in [0.3, 0.4) is 0 Å². The third-order valence-electron chi connectivity index (χ3n) is 2.73. The predicted molar refractivity (Wildman–Crippen MR) is 86.2 cm³/mol. The van der Waals surface area contributed by atoms with E-state index in [2.05, 4.69) is 4.90 Å². The van der Waals surface area contributed by atoms with Crippen LogP contribution in [0, 0.1) is 0 Å². The van der Waals surface area contributed by atoms with E-state index in [1.54, 1.807) is 13.8 Å². The second-order valence-electron chi connectivity index (χ2n) is 5.64. The third kappa shape index (κ3) is 6.84. The zero-order valence-electron chi connectivity index (χ0n) is 12.4. The summed E-state index contributed by atoms with van der Waals surface area (Å²) in [5, 5.41) is 9.71. The fraction of sp³-hybridized carbons (Fsp3) is 0.533. The molecule has 5 heteroatoms. The molecule has 112 valence electrons. The van der Waals surface area contributed by atoms with E-state index in [1.165, 1.54) is 0 Å². The van der Waals surface area contributed by atoms with Crippen molar-refractivity contribution >= 4 is 17.2 Å². The Kier molecular flexibility index (Phi) is 6.39. The van der Waals surface area contributed by atoms with Gasteiger partial charge in [0.05, 0.1) is 12.2 Å². The monoisotopic (exact) mass is 296 g/mol. The van der Waals surface area contributed by atoms with Crippen LogP contribution in [-0.4, -0.2) is 47.3 Å². The van der Waals surface area contributed by atoms with Crippen molar-refractivity contribution in [2.24, 2.45) is 5.73 Å². The summed E-state index contributed by atoms with van der Waals surface area (Å²) in [6.07, 6.45) is 0.893. The number of hydrogen-bond donors (Lipinski definition) is 2. The lowest BCUT2D eigenvalue weighted by atomic mass is 10.1. The second-order valence-corrected chi connectivity index (χ2v) is 6.08. The average Bonchev–Trinajstić information content (AvgIpc) is 2.33. The maximum Gasteiger partial charge on any atom is 0.119 e. The van der Waals surface area contributed by atoms with E-state index in [4.69, 9.17) is 22.7 Å². The smallest absolute Gasteiger partial charge is 0.119 e. The molecular weight excluding hydrogens is 272 g/mol. The summed E-state index contributed by atoms with van der Waals surface area (Å²) < 4.78 is 5.67. The number of likely N-dealkylation sites (N-methyl/N-ethyl adjacent to an activating group) is 1. The minimum absolute atomic E-state index is 0.375. The van der Waals surface area contributed by atoms with Crippen LogP contribution >= 0.6 is 12.2 Å². The van der Waals surface area contributed by atoms with Gasteiger partial charge in [-0.15, -0.1) is 0 Å². The summed E-state index contributed by atoms with van der Waals surface area (Å²) in [4.78, 5) is 2.47. The van der Waals surface area contributed by atoms with Gasteiger partial charge < -0.3 is 20.5 Å². The highest BCUT2D eigenvalue weighted by Crippen LogP contribution is 2.13. The molecule has 0 saturated carbocycles. The SMILES string of the molecule is CN(CCCOc1cccc(C(N)=S)c1)CC(C)(C)O. The Bertz CT molecular complexity index is 444. The quantitative estimate of drug-likeness (QED) is 0.566. The van der Waals surface area contributed by atoms with Crippen molar-refractivity contribution in [3.05, 3.63) is 29.8 Å². The van der Waals surface area contributed by atoms with Crippen LogP contribution in [0.15, 0.2) is 24.3 Å². The molecule has 0 heterocycles. The molecule has 0 saturated heterocycles. The third-order valence-corrected chi connectivity index (χ3v) is 2.96. The molecule has 0 aliphatic rings. The van der Waals surface area contributed by atoms with Crippen molar-refractivity contribution < 1.29 is 9.84 Å². The van der Waals surface area contributed by atoms with Gasteiger partial charge in [-0.2, -0.15) is 0 Å². The van der Waals surface area contributed by atoms with E-state index in [1.807, 2.05) is 31.3 Å². The van der Waals surface area contributed by atoms with Crippen molar-refractivity contribution in [2.75, 3.05) is 26.7 Å². The van der Waals surface area contributed by atoms with Crippen LogP contribution < -0.4 is 10.5 Å². The van der Waals surface area contributed by atoms with Crippen molar-refractivity contribution in [3.63, 3.8) is 0 Å². The number of benzene rings is 1. The van der Waals surface area contributed by atoms with Gasteiger partial charge in [-0.25, -0.2) is 0 Å². The summed E-state index contributed by atoms with van der Waals surface area (Å²) in [7, 11) is 1.99. The van der Waals surface area contributed by atoms with Gasteiger partial charge in [-0.1, -0.05) is 24.4 Å². The Morgan fingerprint density at radius 3 is 2.75 bits per heavy atom. The van der Waals surface area contributed by atoms with E-state index in [0.29, 0.717) is 18.1 Å². The minimum atomic E-state index is -0.666. The molecule has 0 spiro atoms. The lowest BCUT2D eigenvalue weighted by molar-refractivity contribution is 0.0433. The summed E-state index contributed by atoms with van der Waals surface area (Å²) >= 11 is 4.93. The van der Waals surface area contributed by atoms with E-state index >= 15 is 0 Å². The average molecular weight is 296 g/mol. The van der Waals surface area contributed by atoms with Crippen LogP contribution in [0.1, 0.15) is 25.8 Å². The number of hydrogen-bond acceptors (Lipinski definition) is 4. The van der Waals surface area contributed by atoms with Crippen molar-refractivity contribution in [2.45, 2.75) is 25.9 Å². The minimum Gasteiger partial charge on any atom is -0.494 e. The summed E-state index contributed by atoms with van der Waals surface area (Å²) in [6, 6.07) is 7.49. The molecule has 0 amide bonds. The fourth-order valence-corrected chi connectivity index (χ4v) is 2.13. The molecule has 4 nitrogen and oxygen atoms in total. The maximum absolute atomic E-state index is 9.71. The van der Waals surface area contributed by atoms with Gasteiger partial charge in [0.1, 0.15) is 10.7 Å². The van der Waals surface area contributed by atoms with Crippen LogP contribution in [0.2, 0.25) is 0 Å². The molecule has 0 aliphatic heterocycles. The molecule has 20 heavy (non-hydrogen) atoms. The first-order valence-corrected chi connectivity index (χ1v) is 7.12. The standard InChI is InChI=1S/C15H24N2O2S/c1-15(2,18)11-17(3)8-5-9-19-13-7-4-6-12(10-13)14(16)20/h4,6-7,10,18H,5,8-9,11H2,1-3H3,(H2,16,20). The van der Waals surface area contributed by atoms with E-state index < -0.39 is 5.60 Å². The number of ether oxygens (including phenoxy) is 1. The molecule has 0 fully saturated rings. The highest BCUT2D eigenvalue weighted by atomic mass is 32.1. The van der Waals surface area contributed by atoms with Crippen molar-refractivity contribution in [3.8, 4) is 5.75 Å². The van der Waals surface area contributed by atoms with Gasteiger partial charge in [0.15, 0.2) is 0 Å². The second kappa shape index (κ2) is 7.57. The first-order valence-electron chi connectivity index (χ1n) is 6.71. The Morgan fingerprint density at radius 2 is 2.15 bits per heavy atom. The van der Waals surface area contributed by atoms with Crippen LogP contribution in [0.25, 0.3) is 0 Å².